The van der Waals surface area contributed by atoms with Crippen molar-refractivity contribution in [3.8, 4) is 0 Å². The SMILES string of the molecule is Cc1nn(C)c(C)c1NC(=O)[C@@H](C)OC(=O)C12C[C@@H]3C[C@@H](CC(O)(C3)C1)C2. The molecule has 4 aliphatic carbocycles. The van der Waals surface area contributed by atoms with Crippen LogP contribution in [-0.4, -0.2) is 38.5 Å². The molecule has 0 radical (unpaired) electrons. The van der Waals surface area contributed by atoms with Gasteiger partial charge in [-0.3, -0.25) is 14.3 Å². The fourth-order valence-electron chi connectivity index (χ4n) is 5.97. The van der Waals surface area contributed by atoms with Crippen molar-refractivity contribution in [3.05, 3.63) is 11.4 Å². The number of rotatable bonds is 4. The fraction of sp³-hybridized carbons (Fsp3) is 0.750. The average molecular weight is 375 g/mol. The molecule has 1 heterocycles. The topological polar surface area (TPSA) is 93.5 Å². The number of aromatic nitrogens is 2. The number of anilines is 1. The second-order valence-electron chi connectivity index (χ2n) is 9.17. The van der Waals surface area contributed by atoms with Crippen molar-refractivity contribution < 1.29 is 19.4 Å². The lowest BCUT2D eigenvalue weighted by Gasteiger charge is -2.58. The van der Waals surface area contributed by atoms with E-state index in [1.54, 1.807) is 11.6 Å². The molecule has 4 aliphatic rings. The van der Waals surface area contributed by atoms with Crippen LogP contribution in [0.1, 0.15) is 56.8 Å². The smallest absolute Gasteiger partial charge is 0.312 e. The number of ether oxygens (including phenoxy) is 1. The Labute approximate surface area is 159 Å². The van der Waals surface area contributed by atoms with Crippen molar-refractivity contribution in [2.24, 2.45) is 24.3 Å². The molecule has 0 spiro atoms. The minimum absolute atomic E-state index is 0.322. The number of nitrogens with one attached hydrogen (secondary N) is 1. The number of nitrogens with zero attached hydrogens (tertiary/aromatic N) is 2. The molecule has 1 aromatic rings. The molecule has 4 bridgehead atoms. The molecule has 5 atom stereocenters. The minimum Gasteiger partial charge on any atom is -0.452 e. The molecule has 148 valence electrons. The fourth-order valence-corrected chi connectivity index (χ4v) is 5.97. The van der Waals surface area contributed by atoms with Crippen LogP contribution in [0.2, 0.25) is 0 Å². The maximum atomic E-state index is 13.0. The number of carbonyl (C=O) groups is 2. The minimum atomic E-state index is -0.890. The van der Waals surface area contributed by atoms with E-state index in [4.69, 9.17) is 4.74 Å². The second kappa shape index (κ2) is 6.06. The molecule has 0 aromatic carbocycles. The molecule has 2 N–H and O–H groups in total. The maximum Gasteiger partial charge on any atom is 0.312 e. The normalized spacial score (nSPS) is 35.1. The lowest BCUT2D eigenvalue weighted by Crippen LogP contribution is -2.59. The van der Waals surface area contributed by atoms with Crippen LogP contribution >= 0.6 is 0 Å². The van der Waals surface area contributed by atoms with Crippen LogP contribution in [0.15, 0.2) is 0 Å². The van der Waals surface area contributed by atoms with E-state index in [0.717, 1.165) is 43.5 Å². The summed E-state index contributed by atoms with van der Waals surface area (Å²) < 4.78 is 7.32. The number of hydrogen-bond donors (Lipinski definition) is 2. The number of hydrogen-bond acceptors (Lipinski definition) is 5. The summed E-state index contributed by atoms with van der Waals surface area (Å²) in [6.45, 7) is 5.31. The van der Waals surface area contributed by atoms with Gasteiger partial charge in [-0.15, -0.1) is 0 Å². The first-order valence-corrected chi connectivity index (χ1v) is 9.85. The van der Waals surface area contributed by atoms with Crippen molar-refractivity contribution in [2.45, 2.75) is 71.0 Å². The number of aliphatic hydroxyl groups is 1. The molecule has 2 unspecified atom stereocenters. The summed E-state index contributed by atoms with van der Waals surface area (Å²) in [5.74, 6) is 0.116. The van der Waals surface area contributed by atoms with Gasteiger partial charge < -0.3 is 15.2 Å². The number of carbonyl (C=O) groups excluding carboxylic acids is 2. The van der Waals surface area contributed by atoms with Crippen molar-refractivity contribution >= 4 is 17.6 Å². The average Bonchev–Trinajstić information content (AvgIpc) is 2.78. The third kappa shape index (κ3) is 3.06. The predicted octanol–water partition coefficient (Wildman–Crippen LogP) is 2.24. The van der Waals surface area contributed by atoms with Gasteiger partial charge in [0.1, 0.15) is 0 Å². The standard InChI is InChI=1S/C20H29N3O4/c1-11-16(12(2)23(4)22-11)21-17(24)13(3)27-18(25)19-6-14-5-15(7-19)9-20(26,8-14)10-19/h13-15,26H,5-10H2,1-4H3,(H,21,24)/t13-,14-,15+,19?,20?/m1/s1. The molecular formula is C20H29N3O4. The summed E-state index contributed by atoms with van der Waals surface area (Å²) in [4.78, 5) is 25.6. The van der Waals surface area contributed by atoms with Gasteiger partial charge in [0.2, 0.25) is 0 Å². The van der Waals surface area contributed by atoms with E-state index in [1.165, 1.54) is 0 Å². The van der Waals surface area contributed by atoms with Gasteiger partial charge in [-0.2, -0.15) is 5.10 Å². The van der Waals surface area contributed by atoms with Crippen LogP contribution in [0.4, 0.5) is 5.69 Å². The monoisotopic (exact) mass is 375 g/mol. The van der Waals surface area contributed by atoms with Crippen molar-refractivity contribution in [3.63, 3.8) is 0 Å². The van der Waals surface area contributed by atoms with Crippen molar-refractivity contribution in [1.82, 2.24) is 9.78 Å². The highest BCUT2D eigenvalue weighted by Gasteiger charge is 2.61. The zero-order valence-electron chi connectivity index (χ0n) is 16.5. The molecule has 4 fully saturated rings. The van der Waals surface area contributed by atoms with E-state index in [9.17, 15) is 14.7 Å². The van der Waals surface area contributed by atoms with E-state index in [0.29, 0.717) is 23.9 Å². The zero-order chi connectivity index (χ0) is 19.6. The van der Waals surface area contributed by atoms with Gasteiger partial charge in [-0.05, 0) is 71.1 Å². The Bertz CT molecular complexity index is 785. The number of amides is 1. The van der Waals surface area contributed by atoms with E-state index in [2.05, 4.69) is 10.4 Å². The highest BCUT2D eigenvalue weighted by atomic mass is 16.5. The summed E-state index contributed by atoms with van der Waals surface area (Å²) in [6.07, 6.45) is 3.84. The van der Waals surface area contributed by atoms with Crippen LogP contribution in [0.3, 0.4) is 0 Å². The summed E-state index contributed by atoms with van der Waals surface area (Å²) >= 11 is 0. The van der Waals surface area contributed by atoms with Crippen molar-refractivity contribution in [2.75, 3.05) is 5.32 Å². The second-order valence-corrected chi connectivity index (χ2v) is 9.17. The van der Waals surface area contributed by atoms with Crippen LogP contribution in [0.25, 0.3) is 0 Å². The van der Waals surface area contributed by atoms with Crippen LogP contribution < -0.4 is 5.32 Å². The van der Waals surface area contributed by atoms with Crippen LogP contribution in [0.5, 0.6) is 0 Å². The van der Waals surface area contributed by atoms with E-state index in [1.807, 2.05) is 20.9 Å². The summed E-state index contributed by atoms with van der Waals surface area (Å²) in [5, 5.41) is 17.9. The molecule has 5 rings (SSSR count). The Kier molecular flexibility index (Phi) is 4.14. The summed E-state index contributed by atoms with van der Waals surface area (Å²) in [6, 6.07) is 0. The molecule has 1 amide bonds. The van der Waals surface area contributed by atoms with Gasteiger partial charge in [0.15, 0.2) is 6.10 Å². The predicted molar refractivity (Wildman–Crippen MR) is 98.9 cm³/mol. The molecule has 27 heavy (non-hydrogen) atoms. The van der Waals surface area contributed by atoms with E-state index < -0.39 is 17.1 Å². The first-order chi connectivity index (χ1) is 12.6. The Balaban J connectivity index is 1.44. The van der Waals surface area contributed by atoms with E-state index >= 15 is 0 Å². The quantitative estimate of drug-likeness (QED) is 0.787. The van der Waals surface area contributed by atoms with Gasteiger partial charge >= 0.3 is 5.97 Å². The zero-order valence-corrected chi connectivity index (χ0v) is 16.5. The first kappa shape index (κ1) is 18.5. The van der Waals surface area contributed by atoms with Gasteiger partial charge in [-0.25, -0.2) is 0 Å². The highest BCUT2D eigenvalue weighted by Crippen LogP contribution is 2.62. The lowest BCUT2D eigenvalue weighted by atomic mass is 9.48. The molecule has 0 saturated heterocycles. The summed E-state index contributed by atoms with van der Waals surface area (Å²) in [5.41, 5.74) is 0.897. The number of aryl methyl sites for hydroxylation is 2. The largest absolute Gasteiger partial charge is 0.452 e. The van der Waals surface area contributed by atoms with Crippen molar-refractivity contribution in [1.29, 1.82) is 0 Å². The summed E-state index contributed by atoms with van der Waals surface area (Å²) in [7, 11) is 1.82. The lowest BCUT2D eigenvalue weighted by molar-refractivity contribution is -0.199. The molecule has 4 saturated carbocycles. The third-order valence-corrected chi connectivity index (χ3v) is 6.87. The van der Waals surface area contributed by atoms with Gasteiger partial charge in [0.25, 0.3) is 5.91 Å². The molecule has 0 aliphatic heterocycles. The molecule has 7 heteroatoms. The third-order valence-electron chi connectivity index (χ3n) is 6.87. The van der Waals surface area contributed by atoms with Gasteiger partial charge in [0.05, 0.1) is 28.1 Å². The Hall–Kier alpha value is -1.89. The Morgan fingerprint density at radius 2 is 1.89 bits per heavy atom. The van der Waals surface area contributed by atoms with Gasteiger partial charge in [-0.1, -0.05) is 0 Å². The van der Waals surface area contributed by atoms with E-state index in [-0.39, 0.29) is 11.9 Å². The van der Waals surface area contributed by atoms with Crippen LogP contribution in [-0.2, 0) is 21.4 Å². The highest BCUT2D eigenvalue weighted by molar-refractivity contribution is 5.96. The Morgan fingerprint density at radius 3 is 2.41 bits per heavy atom. The Morgan fingerprint density at radius 1 is 1.26 bits per heavy atom. The maximum absolute atomic E-state index is 13.0. The van der Waals surface area contributed by atoms with Gasteiger partial charge in [0, 0.05) is 7.05 Å². The molecular weight excluding hydrogens is 346 g/mol. The number of esters is 1. The molecule has 1 aromatic heterocycles. The first-order valence-electron chi connectivity index (χ1n) is 9.85. The van der Waals surface area contributed by atoms with Crippen LogP contribution in [0, 0.1) is 31.1 Å². The molecule has 7 nitrogen and oxygen atoms in total.